The summed E-state index contributed by atoms with van der Waals surface area (Å²) in [7, 11) is -4.32. The summed E-state index contributed by atoms with van der Waals surface area (Å²) >= 11 is 2.96. The van der Waals surface area contributed by atoms with E-state index >= 15 is 4.39 Å². The summed E-state index contributed by atoms with van der Waals surface area (Å²) in [6.45, 7) is 5.05. The minimum absolute atomic E-state index is 0.0621. The minimum atomic E-state index is -4.32. The number of hydrogen-bond acceptors (Lipinski definition) is 9. The lowest BCUT2D eigenvalue weighted by Crippen LogP contribution is -2.44. The van der Waals surface area contributed by atoms with Gasteiger partial charge in [0, 0.05) is 6.20 Å². The SMILES string of the molecule is CC(C)OC(=O)[C@@H](C)NP(=O)(OC[C@H]1OC(n2cc(Br)c(=O)[nH]c2=O)[C@](C)(F)[C@@H]1O)Oc1ccccc1. The van der Waals surface area contributed by atoms with Crippen LogP contribution < -0.4 is 20.9 Å². The number of aromatic amines is 1. The van der Waals surface area contributed by atoms with E-state index in [1.165, 1.54) is 19.1 Å². The van der Waals surface area contributed by atoms with E-state index in [0.717, 1.165) is 17.7 Å². The highest BCUT2D eigenvalue weighted by Gasteiger charge is 2.56. The fraction of sp³-hybridized carbons (Fsp3) is 0.500. The topological polar surface area (TPSA) is 158 Å². The number of aliphatic hydroxyl groups excluding tert-OH is 1. The van der Waals surface area contributed by atoms with Crippen LogP contribution in [0.5, 0.6) is 5.75 Å². The van der Waals surface area contributed by atoms with Crippen LogP contribution in [-0.4, -0.2) is 57.3 Å². The Labute approximate surface area is 219 Å². The Hall–Kier alpha value is -2.35. The van der Waals surface area contributed by atoms with E-state index in [0.29, 0.717) is 0 Å². The summed E-state index contributed by atoms with van der Waals surface area (Å²) in [5.74, 6) is -0.569. The number of carbonyl (C=O) groups is 1. The van der Waals surface area contributed by atoms with Crippen molar-refractivity contribution in [2.24, 2.45) is 0 Å². The van der Waals surface area contributed by atoms with Gasteiger partial charge >= 0.3 is 19.4 Å². The van der Waals surface area contributed by atoms with Gasteiger partial charge in [-0.3, -0.25) is 23.7 Å². The third kappa shape index (κ3) is 6.95. The van der Waals surface area contributed by atoms with Crippen molar-refractivity contribution in [3.63, 3.8) is 0 Å². The molecule has 0 saturated carbocycles. The molecule has 0 spiro atoms. The number of aromatic nitrogens is 2. The molecule has 2 unspecified atom stereocenters. The largest absolute Gasteiger partial charge is 0.462 e. The number of alkyl halides is 1. The smallest absolute Gasteiger partial charge is 0.459 e. The number of benzene rings is 1. The number of para-hydroxylation sites is 1. The normalized spacial score (nSPS) is 26.0. The van der Waals surface area contributed by atoms with E-state index in [2.05, 4.69) is 21.0 Å². The molecule has 15 heteroatoms. The van der Waals surface area contributed by atoms with Crippen LogP contribution in [-0.2, 0) is 23.4 Å². The average Bonchev–Trinajstić information content (AvgIpc) is 3.03. The Kier molecular flexibility index (Phi) is 9.14. The number of ether oxygens (including phenoxy) is 2. The maximum atomic E-state index is 15.5. The first-order valence-corrected chi connectivity index (χ1v) is 13.6. The number of hydrogen-bond donors (Lipinski definition) is 3. The maximum absolute atomic E-state index is 15.5. The van der Waals surface area contributed by atoms with Crippen LogP contribution in [0.4, 0.5) is 4.39 Å². The Morgan fingerprint density at radius 2 is 1.97 bits per heavy atom. The molecule has 2 aromatic rings. The third-order valence-corrected chi connectivity index (χ3v) is 7.54. The molecule has 0 radical (unpaired) electrons. The molecule has 2 heterocycles. The lowest BCUT2D eigenvalue weighted by atomic mass is 9.98. The van der Waals surface area contributed by atoms with E-state index in [4.69, 9.17) is 18.5 Å². The lowest BCUT2D eigenvalue weighted by molar-refractivity contribution is -0.149. The minimum Gasteiger partial charge on any atom is -0.462 e. The van der Waals surface area contributed by atoms with Gasteiger partial charge in [0.2, 0.25) is 0 Å². The molecule has 1 aliphatic heterocycles. The number of nitrogens with one attached hydrogen (secondary N) is 2. The monoisotopic (exact) mass is 607 g/mol. The first kappa shape index (κ1) is 29.2. The second-order valence-corrected chi connectivity index (χ2v) is 11.3. The molecule has 12 nitrogen and oxygen atoms in total. The van der Waals surface area contributed by atoms with E-state index in [1.54, 1.807) is 32.0 Å². The van der Waals surface area contributed by atoms with E-state index < -0.39 is 67.8 Å². The highest BCUT2D eigenvalue weighted by Crippen LogP contribution is 2.47. The molecule has 0 bridgehead atoms. The maximum Gasteiger partial charge on any atom is 0.459 e. The molecule has 1 fully saturated rings. The van der Waals surface area contributed by atoms with Crippen molar-refractivity contribution >= 4 is 29.6 Å². The summed E-state index contributed by atoms with van der Waals surface area (Å²) in [6, 6.07) is 6.84. The van der Waals surface area contributed by atoms with Crippen LogP contribution >= 0.6 is 23.7 Å². The predicted molar refractivity (Wildman–Crippen MR) is 133 cm³/mol. The molecular formula is C22H28BrFN3O9P. The van der Waals surface area contributed by atoms with Gasteiger partial charge in [-0.1, -0.05) is 18.2 Å². The number of esters is 1. The second kappa shape index (κ2) is 11.6. The average molecular weight is 608 g/mol. The summed E-state index contributed by atoms with van der Waals surface area (Å²) in [5.41, 5.74) is -4.20. The highest BCUT2D eigenvalue weighted by molar-refractivity contribution is 9.10. The summed E-state index contributed by atoms with van der Waals surface area (Å²) in [5, 5.41) is 13.1. The van der Waals surface area contributed by atoms with Gasteiger partial charge in [-0.15, -0.1) is 0 Å². The van der Waals surface area contributed by atoms with Crippen LogP contribution in [0.15, 0.2) is 50.6 Å². The second-order valence-electron chi connectivity index (χ2n) is 8.80. The van der Waals surface area contributed by atoms with Crippen LogP contribution in [0.1, 0.15) is 33.9 Å². The van der Waals surface area contributed by atoms with Gasteiger partial charge in [-0.05, 0) is 55.8 Å². The molecule has 1 aromatic heterocycles. The van der Waals surface area contributed by atoms with Gasteiger partial charge < -0.3 is 19.1 Å². The molecule has 3 rings (SSSR count). The van der Waals surface area contributed by atoms with E-state index in [9.17, 15) is 24.1 Å². The van der Waals surface area contributed by atoms with Crippen LogP contribution in [0.25, 0.3) is 0 Å². The van der Waals surface area contributed by atoms with Crippen molar-refractivity contribution < 1.29 is 37.4 Å². The van der Waals surface area contributed by atoms with E-state index in [1.807, 2.05) is 4.98 Å². The number of halogens is 2. The fourth-order valence-corrected chi connectivity index (χ4v) is 5.31. The molecule has 37 heavy (non-hydrogen) atoms. The Morgan fingerprint density at radius 3 is 2.59 bits per heavy atom. The molecular weight excluding hydrogens is 580 g/mol. The summed E-state index contributed by atoms with van der Waals surface area (Å²) in [6.07, 6.45) is -4.29. The fourth-order valence-electron chi connectivity index (χ4n) is 3.49. The van der Waals surface area contributed by atoms with Crippen molar-refractivity contribution in [3.8, 4) is 5.75 Å². The molecule has 0 amide bonds. The standard InChI is InChI=1S/C22H28BrFN3O9P/c1-12(2)34-19(30)13(3)26-37(32,36-14-8-6-5-7-9-14)33-11-16-17(28)22(4,24)20(35-16)27-10-15(23)18(29)25-21(27)31/h5-10,12-13,16-17,20,28H,11H2,1-4H3,(H,26,32)(H,25,29,31)/t13-,16-,17-,20?,22-,37?/m1/s1. The molecule has 1 aliphatic rings. The first-order chi connectivity index (χ1) is 17.2. The zero-order valence-electron chi connectivity index (χ0n) is 20.4. The van der Waals surface area contributed by atoms with Crippen molar-refractivity contribution in [1.29, 1.82) is 0 Å². The van der Waals surface area contributed by atoms with Gasteiger partial charge in [0.05, 0.1) is 17.2 Å². The van der Waals surface area contributed by atoms with Crippen LogP contribution in [0.3, 0.4) is 0 Å². The lowest BCUT2D eigenvalue weighted by Gasteiger charge is -2.25. The predicted octanol–water partition coefficient (Wildman–Crippen LogP) is 2.42. The molecule has 6 atom stereocenters. The zero-order valence-corrected chi connectivity index (χ0v) is 22.9. The van der Waals surface area contributed by atoms with Crippen molar-refractivity contribution in [2.75, 3.05) is 6.61 Å². The van der Waals surface area contributed by atoms with Gasteiger partial charge in [-0.2, -0.15) is 5.09 Å². The third-order valence-electron chi connectivity index (χ3n) is 5.33. The highest BCUT2D eigenvalue weighted by atomic mass is 79.9. The first-order valence-electron chi connectivity index (χ1n) is 11.2. The van der Waals surface area contributed by atoms with Gasteiger partial charge in [0.25, 0.3) is 5.56 Å². The van der Waals surface area contributed by atoms with Gasteiger partial charge in [0.1, 0.15) is 24.0 Å². The number of aliphatic hydroxyl groups is 1. The number of carbonyl (C=O) groups excluding carboxylic acids is 1. The Bertz CT molecular complexity index is 1270. The summed E-state index contributed by atoms with van der Waals surface area (Å²) in [4.78, 5) is 38.2. The van der Waals surface area contributed by atoms with Crippen molar-refractivity contribution in [2.45, 2.75) is 63.9 Å². The molecule has 1 aromatic carbocycles. The van der Waals surface area contributed by atoms with Crippen LogP contribution in [0.2, 0.25) is 0 Å². The quantitative estimate of drug-likeness (QED) is 0.270. The number of rotatable bonds is 10. The molecule has 204 valence electrons. The number of H-pyrrole nitrogens is 1. The Balaban J connectivity index is 1.82. The van der Waals surface area contributed by atoms with Crippen molar-refractivity contribution in [1.82, 2.24) is 14.6 Å². The summed E-state index contributed by atoms with van der Waals surface area (Å²) < 4.78 is 51.5. The van der Waals surface area contributed by atoms with Gasteiger partial charge in [-0.25, -0.2) is 13.8 Å². The van der Waals surface area contributed by atoms with Gasteiger partial charge in [0.15, 0.2) is 11.9 Å². The number of nitrogens with zero attached hydrogens (tertiary/aromatic N) is 1. The molecule has 3 N–H and O–H groups in total. The van der Waals surface area contributed by atoms with E-state index in [-0.39, 0.29) is 10.2 Å². The Morgan fingerprint density at radius 1 is 1.32 bits per heavy atom. The zero-order chi connectivity index (χ0) is 27.5. The molecule has 0 aliphatic carbocycles. The van der Waals surface area contributed by atoms with Crippen molar-refractivity contribution in [3.05, 3.63) is 61.8 Å². The molecule has 1 saturated heterocycles. The van der Waals surface area contributed by atoms with Crippen LogP contribution in [0, 0.1) is 0 Å².